The van der Waals surface area contributed by atoms with E-state index in [2.05, 4.69) is 16.4 Å². The van der Waals surface area contributed by atoms with Crippen molar-refractivity contribution in [3.05, 3.63) is 46.8 Å². The number of benzene rings is 1. The Morgan fingerprint density at radius 1 is 1.45 bits per heavy atom. The molecule has 112 valence electrons. The molecule has 1 fully saturated rings. The molecule has 0 radical (unpaired) electrons. The Kier molecular flexibility index (Phi) is 3.85. The molecular weight excluding hydrogens is 284 g/mol. The highest BCUT2D eigenvalue weighted by atomic mass is 16.5. The topological polar surface area (TPSA) is 101 Å². The third kappa shape index (κ3) is 2.69. The minimum Gasteiger partial charge on any atom is -0.478 e. The van der Waals surface area contributed by atoms with Crippen LogP contribution in [-0.2, 0) is 11.3 Å². The first kappa shape index (κ1) is 14.2. The largest absolute Gasteiger partial charge is 0.478 e. The average molecular weight is 298 g/mol. The van der Waals surface area contributed by atoms with Crippen LogP contribution in [0.4, 0.5) is 0 Å². The Labute approximate surface area is 126 Å². The maximum absolute atomic E-state index is 10.9. The Morgan fingerprint density at radius 3 is 2.82 bits per heavy atom. The van der Waals surface area contributed by atoms with E-state index < -0.39 is 5.97 Å². The van der Waals surface area contributed by atoms with Crippen LogP contribution in [0.1, 0.15) is 46.3 Å². The van der Waals surface area contributed by atoms with Crippen LogP contribution >= 0.6 is 0 Å². The predicted molar refractivity (Wildman–Crippen MR) is 75.2 cm³/mol. The number of carboxylic acids is 1. The Morgan fingerprint density at radius 2 is 2.23 bits per heavy atom. The van der Waals surface area contributed by atoms with Crippen LogP contribution < -0.4 is 0 Å². The van der Waals surface area contributed by atoms with Gasteiger partial charge in [0.05, 0.1) is 12.1 Å². The van der Waals surface area contributed by atoms with Crippen LogP contribution in [0.5, 0.6) is 0 Å². The first-order chi connectivity index (χ1) is 10.7. The molecule has 7 heteroatoms. The van der Waals surface area contributed by atoms with Gasteiger partial charge in [0.25, 0.3) is 0 Å². The van der Waals surface area contributed by atoms with Gasteiger partial charge in [0.1, 0.15) is 17.9 Å². The summed E-state index contributed by atoms with van der Waals surface area (Å²) in [6.45, 7) is 1.10. The lowest BCUT2D eigenvalue weighted by Crippen LogP contribution is -2.11. The molecule has 1 aliphatic rings. The Hall–Kier alpha value is -2.72. The summed E-state index contributed by atoms with van der Waals surface area (Å²) in [6, 6.07) is 8.61. The zero-order valence-corrected chi connectivity index (χ0v) is 11.8. The minimum absolute atomic E-state index is 0.150. The summed E-state index contributed by atoms with van der Waals surface area (Å²) in [6.07, 6.45) is 1.65. The molecule has 1 aliphatic heterocycles. The van der Waals surface area contributed by atoms with Crippen molar-refractivity contribution < 1.29 is 14.6 Å². The Balaban J connectivity index is 1.87. The number of aromatic nitrogens is 3. The molecule has 1 aromatic carbocycles. The Bertz CT molecular complexity index is 724. The van der Waals surface area contributed by atoms with Gasteiger partial charge >= 0.3 is 5.97 Å². The van der Waals surface area contributed by atoms with Crippen LogP contribution in [0, 0.1) is 11.3 Å². The van der Waals surface area contributed by atoms with E-state index in [9.17, 15) is 4.79 Å². The second-order valence-corrected chi connectivity index (χ2v) is 5.10. The van der Waals surface area contributed by atoms with Crippen molar-refractivity contribution in [1.82, 2.24) is 15.0 Å². The molecular formula is C15H14N4O3. The lowest BCUT2D eigenvalue weighted by atomic mass is 10.1. The lowest BCUT2D eigenvalue weighted by Gasteiger charge is -2.12. The number of rotatable bonds is 4. The van der Waals surface area contributed by atoms with Crippen molar-refractivity contribution in [3.8, 4) is 6.07 Å². The average Bonchev–Trinajstić information content (AvgIpc) is 3.16. The highest BCUT2D eigenvalue weighted by molar-refractivity contribution is 5.87. The molecule has 3 rings (SSSR count). The number of carboxylic acid groups (broad SMARTS) is 1. The fraction of sp³-hybridized carbons (Fsp3) is 0.333. The minimum atomic E-state index is -0.959. The molecule has 0 spiro atoms. The van der Waals surface area contributed by atoms with Crippen LogP contribution in [-0.4, -0.2) is 32.7 Å². The molecule has 1 saturated heterocycles. The first-order valence-corrected chi connectivity index (χ1v) is 6.96. The molecule has 0 amide bonds. The highest BCUT2D eigenvalue weighted by Gasteiger charge is 2.26. The van der Waals surface area contributed by atoms with Gasteiger partial charge < -0.3 is 9.84 Å². The van der Waals surface area contributed by atoms with Gasteiger partial charge in [-0.05, 0) is 30.5 Å². The molecule has 1 atom stereocenters. The molecule has 22 heavy (non-hydrogen) atoms. The van der Waals surface area contributed by atoms with E-state index in [1.807, 2.05) is 0 Å². The standard InChI is InChI=1S/C15H14N4O3/c16-8-12-14(13-2-1-7-22-13)19(18-17-12)9-10-3-5-11(6-4-10)15(20)21/h3-6,13H,1-2,7,9H2,(H,20,21). The fourth-order valence-electron chi connectivity index (χ4n) is 2.55. The van der Waals surface area contributed by atoms with Gasteiger partial charge in [-0.2, -0.15) is 5.26 Å². The van der Waals surface area contributed by atoms with Gasteiger partial charge in [0.2, 0.25) is 0 Å². The second kappa shape index (κ2) is 5.95. The summed E-state index contributed by atoms with van der Waals surface area (Å²) in [5, 5.41) is 26.0. The number of ether oxygens (including phenoxy) is 1. The van der Waals surface area contributed by atoms with Gasteiger partial charge in [-0.3, -0.25) is 0 Å². The molecule has 1 unspecified atom stereocenters. The summed E-state index contributed by atoms with van der Waals surface area (Å²) in [5.74, 6) is -0.959. The summed E-state index contributed by atoms with van der Waals surface area (Å²) in [7, 11) is 0. The van der Waals surface area contributed by atoms with Crippen molar-refractivity contribution in [1.29, 1.82) is 5.26 Å². The molecule has 7 nitrogen and oxygen atoms in total. The van der Waals surface area contributed by atoms with Crippen molar-refractivity contribution in [2.45, 2.75) is 25.5 Å². The second-order valence-electron chi connectivity index (χ2n) is 5.10. The predicted octanol–water partition coefficient (Wildman–Crippen LogP) is 1.75. The summed E-state index contributed by atoms with van der Waals surface area (Å²) in [4.78, 5) is 10.9. The lowest BCUT2D eigenvalue weighted by molar-refractivity contribution is 0.0697. The van der Waals surface area contributed by atoms with E-state index in [0.29, 0.717) is 18.8 Å². The maximum atomic E-state index is 10.9. The normalized spacial score (nSPS) is 17.3. The van der Waals surface area contributed by atoms with Gasteiger partial charge in [-0.15, -0.1) is 5.10 Å². The zero-order valence-electron chi connectivity index (χ0n) is 11.8. The molecule has 0 bridgehead atoms. The molecule has 2 heterocycles. The maximum Gasteiger partial charge on any atom is 0.335 e. The molecule has 1 aromatic heterocycles. The van der Waals surface area contributed by atoms with E-state index in [1.165, 1.54) is 0 Å². The van der Waals surface area contributed by atoms with E-state index >= 15 is 0 Å². The zero-order chi connectivity index (χ0) is 15.5. The van der Waals surface area contributed by atoms with Crippen molar-refractivity contribution in [2.75, 3.05) is 6.61 Å². The monoisotopic (exact) mass is 298 g/mol. The molecule has 0 aliphatic carbocycles. The first-order valence-electron chi connectivity index (χ1n) is 6.96. The summed E-state index contributed by atoms with van der Waals surface area (Å²) < 4.78 is 7.30. The van der Waals surface area contributed by atoms with Crippen molar-refractivity contribution >= 4 is 5.97 Å². The number of hydrogen-bond donors (Lipinski definition) is 1. The van der Waals surface area contributed by atoms with Gasteiger partial charge in [-0.25, -0.2) is 9.48 Å². The highest BCUT2D eigenvalue weighted by Crippen LogP contribution is 2.30. The van der Waals surface area contributed by atoms with Gasteiger partial charge in [0, 0.05) is 6.61 Å². The third-order valence-corrected chi connectivity index (χ3v) is 3.65. The smallest absolute Gasteiger partial charge is 0.335 e. The van der Waals surface area contributed by atoms with Crippen LogP contribution in [0.25, 0.3) is 0 Å². The SMILES string of the molecule is N#Cc1nnn(Cc2ccc(C(=O)O)cc2)c1C1CCCO1. The van der Waals surface area contributed by atoms with E-state index in [-0.39, 0.29) is 17.4 Å². The van der Waals surface area contributed by atoms with E-state index in [0.717, 1.165) is 18.4 Å². The molecule has 1 N–H and O–H groups in total. The van der Waals surface area contributed by atoms with Gasteiger partial charge in [-0.1, -0.05) is 17.3 Å². The number of aromatic carboxylic acids is 1. The quantitative estimate of drug-likeness (QED) is 0.922. The van der Waals surface area contributed by atoms with Crippen LogP contribution in [0.3, 0.4) is 0 Å². The van der Waals surface area contributed by atoms with Crippen LogP contribution in [0.15, 0.2) is 24.3 Å². The number of hydrogen-bond acceptors (Lipinski definition) is 5. The number of nitrogens with zero attached hydrogens (tertiary/aromatic N) is 4. The number of nitriles is 1. The molecule has 2 aromatic rings. The van der Waals surface area contributed by atoms with E-state index in [4.69, 9.17) is 15.1 Å². The summed E-state index contributed by atoms with van der Waals surface area (Å²) in [5.41, 5.74) is 2.11. The molecule has 0 saturated carbocycles. The number of carbonyl (C=O) groups is 1. The van der Waals surface area contributed by atoms with E-state index in [1.54, 1.807) is 28.9 Å². The fourth-order valence-corrected chi connectivity index (χ4v) is 2.55. The summed E-state index contributed by atoms with van der Waals surface area (Å²) >= 11 is 0. The third-order valence-electron chi connectivity index (χ3n) is 3.65. The van der Waals surface area contributed by atoms with Gasteiger partial charge in [0.15, 0.2) is 5.69 Å². The van der Waals surface area contributed by atoms with Crippen molar-refractivity contribution in [3.63, 3.8) is 0 Å². The van der Waals surface area contributed by atoms with Crippen LogP contribution in [0.2, 0.25) is 0 Å². The van der Waals surface area contributed by atoms with Crippen molar-refractivity contribution in [2.24, 2.45) is 0 Å².